The summed E-state index contributed by atoms with van der Waals surface area (Å²) >= 11 is 0. The Morgan fingerprint density at radius 2 is 0.967 bits per heavy atom. The van der Waals surface area contributed by atoms with Crippen molar-refractivity contribution in [2.24, 2.45) is 0 Å². The Labute approximate surface area is 350 Å². The largest absolute Gasteiger partial charge is 0.454 e. The van der Waals surface area contributed by atoms with Crippen molar-refractivity contribution >= 4 is 39.0 Å². The van der Waals surface area contributed by atoms with E-state index in [2.05, 4.69) is 225 Å². The van der Waals surface area contributed by atoms with Crippen LogP contribution in [0.25, 0.3) is 55.3 Å². The number of rotatable bonds is 6. The average molecular weight is 768 g/mol. The summed E-state index contributed by atoms with van der Waals surface area (Å²) in [7, 11) is 0. The topological polar surface area (TPSA) is 16.4 Å². The van der Waals surface area contributed by atoms with Gasteiger partial charge in [0, 0.05) is 27.6 Å². The van der Waals surface area contributed by atoms with Gasteiger partial charge in [-0.25, -0.2) is 0 Å². The van der Waals surface area contributed by atoms with Crippen LogP contribution in [0.1, 0.15) is 47.2 Å². The van der Waals surface area contributed by atoms with E-state index in [1.165, 1.54) is 66.8 Å². The minimum Gasteiger partial charge on any atom is -0.454 e. The normalized spacial score (nSPS) is 14.1. The van der Waals surface area contributed by atoms with Crippen molar-refractivity contribution in [3.63, 3.8) is 0 Å². The maximum Gasteiger partial charge on any atom is 0.159 e. The van der Waals surface area contributed by atoms with Gasteiger partial charge in [0.2, 0.25) is 0 Å². The number of fused-ring (bicyclic) bond motifs is 9. The van der Waals surface area contributed by atoms with Gasteiger partial charge in [0.25, 0.3) is 0 Å². The SMILES string of the molecule is CC1(C)c2ccccc2-c2ccc(N(c3ccc(-c4cccc5c4-c4ccccc4C5(c4ccccc4)c4ccccc4)cc3)c3cccc4c3oc3ccccc34)cc21. The fraction of sp³-hybridized carbons (Fsp3) is 0.0690. The smallest absolute Gasteiger partial charge is 0.159 e. The summed E-state index contributed by atoms with van der Waals surface area (Å²) in [5, 5.41) is 2.23. The predicted octanol–water partition coefficient (Wildman–Crippen LogP) is 15.4. The maximum atomic E-state index is 6.72. The fourth-order valence-electron chi connectivity index (χ4n) is 10.7. The van der Waals surface area contributed by atoms with Crippen LogP contribution in [-0.4, -0.2) is 0 Å². The van der Waals surface area contributed by atoms with Crippen LogP contribution in [0.5, 0.6) is 0 Å². The highest BCUT2D eigenvalue weighted by atomic mass is 16.3. The van der Waals surface area contributed by atoms with E-state index in [9.17, 15) is 0 Å². The van der Waals surface area contributed by atoms with Crippen molar-refractivity contribution < 1.29 is 4.42 Å². The summed E-state index contributed by atoms with van der Waals surface area (Å²) in [6.45, 7) is 4.70. The van der Waals surface area contributed by atoms with E-state index in [0.29, 0.717) is 0 Å². The molecule has 0 amide bonds. The summed E-state index contributed by atoms with van der Waals surface area (Å²) in [6.07, 6.45) is 0. The molecule has 2 aliphatic rings. The maximum absolute atomic E-state index is 6.72. The Balaban J connectivity index is 1.05. The quantitative estimate of drug-likeness (QED) is 0.168. The molecular formula is C58H41NO. The first kappa shape index (κ1) is 34.6. The summed E-state index contributed by atoms with van der Waals surface area (Å²) in [4.78, 5) is 2.38. The Kier molecular flexibility index (Phi) is 7.52. The van der Waals surface area contributed by atoms with Crippen LogP contribution in [0.15, 0.2) is 217 Å². The van der Waals surface area contributed by atoms with Gasteiger partial charge in [-0.05, 0) is 103 Å². The summed E-state index contributed by atoms with van der Waals surface area (Å²) < 4.78 is 6.72. The lowest BCUT2D eigenvalue weighted by molar-refractivity contribution is 0.660. The van der Waals surface area contributed by atoms with E-state index in [1.807, 2.05) is 6.07 Å². The molecule has 0 fully saturated rings. The average Bonchev–Trinajstić information content (AvgIpc) is 3.92. The minimum atomic E-state index is -0.451. The third-order valence-corrected chi connectivity index (χ3v) is 13.4. The number of furan rings is 1. The second kappa shape index (κ2) is 13.0. The molecule has 2 heteroatoms. The summed E-state index contributed by atoms with van der Waals surface area (Å²) in [5.74, 6) is 0. The highest BCUT2D eigenvalue weighted by Gasteiger charge is 2.46. The molecule has 10 aromatic rings. The molecule has 0 aliphatic heterocycles. The number of para-hydroxylation sites is 2. The van der Waals surface area contributed by atoms with Crippen LogP contribution in [0.3, 0.4) is 0 Å². The van der Waals surface area contributed by atoms with E-state index >= 15 is 0 Å². The minimum absolute atomic E-state index is 0.137. The molecule has 0 bridgehead atoms. The predicted molar refractivity (Wildman–Crippen MR) is 249 cm³/mol. The molecule has 0 saturated carbocycles. The van der Waals surface area contributed by atoms with Gasteiger partial charge < -0.3 is 9.32 Å². The first-order valence-corrected chi connectivity index (χ1v) is 20.9. The molecule has 9 aromatic carbocycles. The van der Waals surface area contributed by atoms with Gasteiger partial charge in [0.1, 0.15) is 5.58 Å². The molecule has 0 N–H and O–H groups in total. The lowest BCUT2D eigenvalue weighted by atomic mass is 9.67. The molecule has 60 heavy (non-hydrogen) atoms. The Morgan fingerprint density at radius 1 is 0.400 bits per heavy atom. The number of benzene rings is 9. The van der Waals surface area contributed by atoms with Crippen LogP contribution >= 0.6 is 0 Å². The van der Waals surface area contributed by atoms with Gasteiger partial charge in [0.15, 0.2) is 5.58 Å². The molecule has 0 saturated heterocycles. The van der Waals surface area contributed by atoms with Crippen molar-refractivity contribution in [2.45, 2.75) is 24.7 Å². The van der Waals surface area contributed by atoms with Crippen molar-refractivity contribution in [1.82, 2.24) is 0 Å². The number of hydrogen-bond donors (Lipinski definition) is 0. The molecule has 0 radical (unpaired) electrons. The number of hydrogen-bond acceptors (Lipinski definition) is 2. The van der Waals surface area contributed by atoms with E-state index in [0.717, 1.165) is 39.0 Å². The molecule has 12 rings (SSSR count). The fourth-order valence-corrected chi connectivity index (χ4v) is 10.7. The Bertz CT molecular complexity index is 3240. The summed E-state index contributed by atoms with van der Waals surface area (Å²) in [6, 6.07) is 77.8. The third-order valence-electron chi connectivity index (χ3n) is 13.4. The molecule has 1 aromatic heterocycles. The third kappa shape index (κ3) is 4.82. The van der Waals surface area contributed by atoms with Crippen molar-refractivity contribution in [3.8, 4) is 33.4 Å². The van der Waals surface area contributed by atoms with Crippen molar-refractivity contribution in [2.75, 3.05) is 4.90 Å². The van der Waals surface area contributed by atoms with Gasteiger partial charge in [-0.3, -0.25) is 0 Å². The molecule has 0 unspecified atom stereocenters. The van der Waals surface area contributed by atoms with E-state index < -0.39 is 5.41 Å². The zero-order valence-corrected chi connectivity index (χ0v) is 33.6. The van der Waals surface area contributed by atoms with Crippen LogP contribution in [0.2, 0.25) is 0 Å². The number of anilines is 3. The second-order valence-electron chi connectivity index (χ2n) is 16.8. The first-order valence-electron chi connectivity index (χ1n) is 20.9. The monoisotopic (exact) mass is 767 g/mol. The van der Waals surface area contributed by atoms with Gasteiger partial charge in [-0.2, -0.15) is 0 Å². The van der Waals surface area contributed by atoms with Gasteiger partial charge in [-0.1, -0.05) is 190 Å². The Hall–Kier alpha value is -7.42. The lowest BCUT2D eigenvalue weighted by Crippen LogP contribution is -2.28. The molecule has 0 spiro atoms. The molecule has 2 aliphatic carbocycles. The van der Waals surface area contributed by atoms with E-state index in [4.69, 9.17) is 4.42 Å². The van der Waals surface area contributed by atoms with Crippen LogP contribution < -0.4 is 4.90 Å². The van der Waals surface area contributed by atoms with E-state index in [-0.39, 0.29) is 5.41 Å². The van der Waals surface area contributed by atoms with Crippen LogP contribution in [-0.2, 0) is 10.8 Å². The zero-order valence-electron chi connectivity index (χ0n) is 33.6. The molecule has 1 heterocycles. The van der Waals surface area contributed by atoms with Gasteiger partial charge in [0.05, 0.1) is 11.1 Å². The van der Waals surface area contributed by atoms with Gasteiger partial charge in [-0.15, -0.1) is 0 Å². The Morgan fingerprint density at radius 3 is 1.73 bits per heavy atom. The highest BCUT2D eigenvalue weighted by molar-refractivity contribution is 6.10. The zero-order chi connectivity index (χ0) is 40.0. The van der Waals surface area contributed by atoms with E-state index in [1.54, 1.807) is 0 Å². The number of nitrogens with zero attached hydrogens (tertiary/aromatic N) is 1. The van der Waals surface area contributed by atoms with Gasteiger partial charge >= 0.3 is 0 Å². The first-order chi connectivity index (χ1) is 29.5. The van der Waals surface area contributed by atoms with Crippen LogP contribution in [0, 0.1) is 0 Å². The standard InChI is InChI=1S/C58H41NO/c1-57(2)49-26-12-9-21-44(49)45-36-35-42(37-52(45)57)59(53-29-16-25-47-46-22-11-14-30-54(46)60-56(47)53)41-33-31-38(32-34-41)43-24-15-28-51-55(43)48-23-10-13-27-50(48)58(51,39-17-5-3-6-18-39)40-19-7-4-8-20-40/h3-37H,1-2H3. The van der Waals surface area contributed by atoms with Crippen LogP contribution in [0.4, 0.5) is 17.1 Å². The lowest BCUT2D eigenvalue weighted by Gasteiger charge is -2.34. The highest BCUT2D eigenvalue weighted by Crippen LogP contribution is 2.58. The van der Waals surface area contributed by atoms with Crippen molar-refractivity contribution in [1.29, 1.82) is 0 Å². The molecule has 284 valence electrons. The summed E-state index contributed by atoms with van der Waals surface area (Å²) in [5.41, 5.74) is 19.8. The molecule has 2 nitrogen and oxygen atoms in total. The molecular weight excluding hydrogens is 727 g/mol. The second-order valence-corrected chi connectivity index (χ2v) is 16.8. The molecule has 0 atom stereocenters. The van der Waals surface area contributed by atoms with Crippen molar-refractivity contribution in [3.05, 3.63) is 246 Å².